The van der Waals surface area contributed by atoms with Crippen molar-refractivity contribution >= 4 is 33.4 Å². The zero-order valence-corrected chi connectivity index (χ0v) is 10.1. The van der Waals surface area contributed by atoms with Crippen molar-refractivity contribution in [3.63, 3.8) is 0 Å². The lowest BCUT2D eigenvalue weighted by Gasteiger charge is -2.06. The molecule has 17 heavy (non-hydrogen) atoms. The van der Waals surface area contributed by atoms with Gasteiger partial charge in [-0.15, -0.1) is 0 Å². The van der Waals surface area contributed by atoms with Crippen molar-refractivity contribution < 1.29 is 18.3 Å². The van der Waals surface area contributed by atoms with Crippen molar-refractivity contribution in [2.75, 3.05) is 17.6 Å². The van der Waals surface area contributed by atoms with Gasteiger partial charge in [0.25, 0.3) is 0 Å². The first-order valence-corrected chi connectivity index (χ1v) is 6.52. The fourth-order valence-electron chi connectivity index (χ4n) is 1.03. The first kappa shape index (κ1) is 13.7. The van der Waals surface area contributed by atoms with E-state index >= 15 is 0 Å². The number of nitrogens with two attached hydrogens (primary N) is 1. The number of halogens is 1. The molecule has 0 amide bonds. The van der Waals surface area contributed by atoms with E-state index in [1.54, 1.807) is 0 Å². The summed E-state index contributed by atoms with van der Waals surface area (Å²) in [6, 6.07) is 2.44. The monoisotopic (exact) mass is 279 g/mol. The number of sulfonamides is 1. The number of hydrogen-bond donors (Lipinski definition) is 3. The van der Waals surface area contributed by atoms with Gasteiger partial charge >= 0.3 is 5.97 Å². The highest BCUT2D eigenvalue weighted by molar-refractivity contribution is 7.89. The van der Waals surface area contributed by atoms with Crippen molar-refractivity contribution in [3.8, 4) is 0 Å². The normalized spacial score (nSPS) is 11.2. The summed E-state index contributed by atoms with van der Waals surface area (Å²) in [7, 11) is -3.57. The summed E-state index contributed by atoms with van der Waals surface area (Å²) >= 11 is 5.61. The summed E-state index contributed by atoms with van der Waals surface area (Å²) in [5, 5.41) is 16.2. The van der Waals surface area contributed by atoms with Crippen LogP contribution in [0.2, 0.25) is 5.15 Å². The van der Waals surface area contributed by atoms with Crippen molar-refractivity contribution in [3.05, 3.63) is 22.8 Å². The van der Waals surface area contributed by atoms with Gasteiger partial charge in [-0.25, -0.2) is 23.3 Å². The van der Waals surface area contributed by atoms with Crippen LogP contribution >= 0.6 is 11.6 Å². The molecular weight excluding hydrogens is 270 g/mol. The number of hydrogen-bond acceptors (Lipinski definition) is 5. The molecule has 0 atom stereocenters. The molecule has 0 fully saturated rings. The van der Waals surface area contributed by atoms with E-state index in [-0.39, 0.29) is 28.8 Å². The highest BCUT2D eigenvalue weighted by atomic mass is 35.5. The van der Waals surface area contributed by atoms with Gasteiger partial charge < -0.3 is 10.4 Å². The predicted octanol–water partition coefficient (Wildman–Crippen LogP) is 0.134. The standard InChI is InChI=1S/C8H10ClN3O4S/c9-6-3-5(8(13)14)4-7(12-6)11-1-2-17(10,15)16/h3-4H,1-2H2,(H,11,12)(H,13,14)(H2,10,15,16). The van der Waals surface area contributed by atoms with Gasteiger partial charge in [-0.3, -0.25) is 0 Å². The second kappa shape index (κ2) is 5.30. The lowest BCUT2D eigenvalue weighted by atomic mass is 10.2. The highest BCUT2D eigenvalue weighted by Crippen LogP contribution is 2.14. The van der Waals surface area contributed by atoms with Gasteiger partial charge in [-0.2, -0.15) is 0 Å². The van der Waals surface area contributed by atoms with Crippen LogP contribution in [0.5, 0.6) is 0 Å². The Labute approximate surface area is 103 Å². The van der Waals surface area contributed by atoms with E-state index in [4.69, 9.17) is 21.8 Å². The summed E-state index contributed by atoms with van der Waals surface area (Å²) in [5.41, 5.74) is -0.0388. The Hall–Kier alpha value is -1.38. The number of carboxylic acid groups (broad SMARTS) is 1. The number of carbonyl (C=O) groups is 1. The molecule has 1 rings (SSSR count). The van der Waals surface area contributed by atoms with E-state index in [1.807, 2.05) is 0 Å². The number of carboxylic acids is 1. The van der Waals surface area contributed by atoms with E-state index in [2.05, 4.69) is 10.3 Å². The van der Waals surface area contributed by atoms with Crippen LogP contribution in [0.1, 0.15) is 10.4 Å². The Morgan fingerprint density at radius 1 is 1.53 bits per heavy atom. The minimum atomic E-state index is -3.57. The number of aromatic nitrogens is 1. The van der Waals surface area contributed by atoms with Crippen molar-refractivity contribution in [1.82, 2.24) is 4.98 Å². The zero-order chi connectivity index (χ0) is 13.1. The number of anilines is 1. The van der Waals surface area contributed by atoms with Crippen LogP contribution in [0.15, 0.2) is 12.1 Å². The first-order chi connectivity index (χ1) is 7.78. The van der Waals surface area contributed by atoms with Crippen LogP contribution in [0.4, 0.5) is 5.82 Å². The van der Waals surface area contributed by atoms with Gasteiger partial charge in [0.05, 0.1) is 11.3 Å². The second-order valence-corrected chi connectivity index (χ2v) is 5.28. The summed E-state index contributed by atoms with van der Waals surface area (Å²) in [6.45, 7) is 0.0191. The third kappa shape index (κ3) is 4.98. The van der Waals surface area contributed by atoms with E-state index in [0.717, 1.165) is 0 Å². The SMILES string of the molecule is NS(=O)(=O)CCNc1cc(C(=O)O)cc(Cl)n1. The number of rotatable bonds is 5. The Balaban J connectivity index is 2.75. The second-order valence-electron chi connectivity index (χ2n) is 3.16. The zero-order valence-electron chi connectivity index (χ0n) is 8.55. The third-order valence-corrected chi connectivity index (χ3v) is 2.70. The minimum Gasteiger partial charge on any atom is -0.478 e. The van der Waals surface area contributed by atoms with Crippen molar-refractivity contribution in [1.29, 1.82) is 0 Å². The topological polar surface area (TPSA) is 122 Å². The maximum Gasteiger partial charge on any atom is 0.335 e. The molecule has 7 nitrogen and oxygen atoms in total. The molecular formula is C8H10ClN3O4S. The summed E-state index contributed by atoms with van der Waals surface area (Å²) in [4.78, 5) is 14.5. The van der Waals surface area contributed by atoms with Crippen LogP contribution in [0.25, 0.3) is 0 Å². The average Bonchev–Trinajstić information content (AvgIpc) is 2.14. The molecule has 0 aliphatic heterocycles. The number of nitrogens with one attached hydrogen (secondary N) is 1. The van der Waals surface area contributed by atoms with Crippen LogP contribution in [0, 0.1) is 0 Å². The van der Waals surface area contributed by atoms with Gasteiger partial charge in [-0.1, -0.05) is 11.6 Å². The lowest BCUT2D eigenvalue weighted by Crippen LogP contribution is -2.22. The molecule has 94 valence electrons. The van der Waals surface area contributed by atoms with Gasteiger partial charge in [-0.05, 0) is 12.1 Å². The highest BCUT2D eigenvalue weighted by Gasteiger charge is 2.08. The third-order valence-electron chi connectivity index (χ3n) is 1.73. The Kier molecular flexibility index (Phi) is 4.27. The lowest BCUT2D eigenvalue weighted by molar-refractivity contribution is 0.0697. The molecule has 1 aromatic heterocycles. The molecule has 0 aromatic carbocycles. The molecule has 1 heterocycles. The molecule has 0 saturated carbocycles. The largest absolute Gasteiger partial charge is 0.478 e. The molecule has 0 unspecified atom stereocenters. The smallest absolute Gasteiger partial charge is 0.335 e. The Morgan fingerprint density at radius 2 is 2.18 bits per heavy atom. The molecule has 0 radical (unpaired) electrons. The molecule has 9 heteroatoms. The molecule has 0 aliphatic rings. The van der Waals surface area contributed by atoms with Crippen molar-refractivity contribution in [2.45, 2.75) is 0 Å². The molecule has 1 aromatic rings. The van der Waals surface area contributed by atoms with Gasteiger partial charge in [0, 0.05) is 6.54 Å². The molecule has 0 spiro atoms. The Morgan fingerprint density at radius 3 is 2.71 bits per heavy atom. The van der Waals surface area contributed by atoms with Crippen LogP contribution in [-0.4, -0.2) is 36.8 Å². The maximum atomic E-state index is 10.7. The first-order valence-electron chi connectivity index (χ1n) is 4.43. The molecule has 0 saturated heterocycles. The van der Waals surface area contributed by atoms with E-state index in [0.29, 0.717) is 0 Å². The van der Waals surface area contributed by atoms with E-state index in [9.17, 15) is 13.2 Å². The van der Waals surface area contributed by atoms with Crippen LogP contribution in [0.3, 0.4) is 0 Å². The van der Waals surface area contributed by atoms with Gasteiger partial charge in [0.15, 0.2) is 0 Å². The van der Waals surface area contributed by atoms with Gasteiger partial charge in [0.1, 0.15) is 11.0 Å². The van der Waals surface area contributed by atoms with Crippen LogP contribution in [-0.2, 0) is 10.0 Å². The summed E-state index contributed by atoms with van der Waals surface area (Å²) in [6.07, 6.45) is 0. The molecule has 4 N–H and O–H groups in total. The fraction of sp³-hybridized carbons (Fsp3) is 0.250. The van der Waals surface area contributed by atoms with E-state index in [1.165, 1.54) is 12.1 Å². The number of pyridine rings is 1. The fourth-order valence-corrected chi connectivity index (χ4v) is 1.63. The number of primary sulfonamides is 1. The minimum absolute atomic E-state index is 0.00278. The van der Waals surface area contributed by atoms with Crippen molar-refractivity contribution in [2.24, 2.45) is 5.14 Å². The number of nitrogens with zero attached hydrogens (tertiary/aromatic N) is 1. The molecule has 0 aliphatic carbocycles. The predicted molar refractivity (Wildman–Crippen MR) is 62.7 cm³/mol. The van der Waals surface area contributed by atoms with E-state index < -0.39 is 16.0 Å². The quantitative estimate of drug-likeness (QED) is 0.659. The average molecular weight is 280 g/mol. The van der Waals surface area contributed by atoms with Gasteiger partial charge in [0.2, 0.25) is 10.0 Å². The number of aromatic carboxylic acids is 1. The molecule has 0 bridgehead atoms. The maximum absolute atomic E-state index is 10.7. The van der Waals surface area contributed by atoms with Crippen LogP contribution < -0.4 is 10.5 Å². The summed E-state index contributed by atoms with van der Waals surface area (Å²) in [5.74, 6) is -1.26. The Bertz CT molecular complexity index is 532. The summed E-state index contributed by atoms with van der Waals surface area (Å²) < 4.78 is 21.3.